The topological polar surface area (TPSA) is 37.8 Å². The van der Waals surface area contributed by atoms with E-state index >= 15 is 0 Å². The largest absolute Gasteiger partial charge is 0.377 e. The molecular weight excluding hydrogens is 314 g/mol. The van der Waals surface area contributed by atoms with Crippen molar-refractivity contribution in [3.8, 4) is 0 Å². The van der Waals surface area contributed by atoms with Crippen molar-refractivity contribution in [1.82, 2.24) is 14.8 Å². The van der Waals surface area contributed by atoms with Gasteiger partial charge in [0.15, 0.2) is 0 Å². The van der Waals surface area contributed by atoms with Crippen LogP contribution in [-0.4, -0.2) is 72.4 Å². The van der Waals surface area contributed by atoms with Gasteiger partial charge in [-0.15, -0.1) is 0 Å². The molecular formula is C20H31N3O2. The summed E-state index contributed by atoms with van der Waals surface area (Å²) in [5.41, 5.74) is 1.16. The molecule has 4 heterocycles. The Labute approximate surface area is 151 Å². The smallest absolute Gasteiger partial charge is 0.0813 e. The van der Waals surface area contributed by atoms with Gasteiger partial charge >= 0.3 is 0 Å². The van der Waals surface area contributed by atoms with Crippen LogP contribution in [-0.2, 0) is 16.0 Å². The highest BCUT2D eigenvalue weighted by atomic mass is 16.5. The number of hydrogen-bond donors (Lipinski definition) is 0. The third kappa shape index (κ3) is 4.59. The van der Waals surface area contributed by atoms with Gasteiger partial charge in [-0.2, -0.15) is 0 Å². The van der Waals surface area contributed by atoms with Crippen molar-refractivity contribution in [2.75, 3.05) is 39.4 Å². The fraction of sp³-hybridized carbons (Fsp3) is 0.750. The molecule has 0 saturated carbocycles. The van der Waals surface area contributed by atoms with Gasteiger partial charge in [0.2, 0.25) is 0 Å². The van der Waals surface area contributed by atoms with E-state index in [9.17, 15) is 0 Å². The number of rotatable bonds is 7. The molecule has 3 aliphatic heterocycles. The van der Waals surface area contributed by atoms with E-state index in [2.05, 4.69) is 26.9 Å². The summed E-state index contributed by atoms with van der Waals surface area (Å²) in [6.07, 6.45) is 8.73. The molecule has 25 heavy (non-hydrogen) atoms. The summed E-state index contributed by atoms with van der Waals surface area (Å²) in [5, 5.41) is 0. The van der Waals surface area contributed by atoms with E-state index in [1.54, 1.807) is 0 Å². The molecule has 3 aliphatic rings. The van der Waals surface area contributed by atoms with Crippen LogP contribution in [0.1, 0.15) is 37.8 Å². The number of fused-ring (bicyclic) bond motifs is 1. The predicted octanol–water partition coefficient (Wildman–Crippen LogP) is 2.32. The number of likely N-dealkylation sites (tertiary alicyclic amines) is 2. The van der Waals surface area contributed by atoms with Crippen LogP contribution in [0.5, 0.6) is 0 Å². The normalized spacial score (nSPS) is 30.6. The van der Waals surface area contributed by atoms with Crippen molar-refractivity contribution in [1.29, 1.82) is 0 Å². The zero-order chi connectivity index (χ0) is 16.9. The maximum atomic E-state index is 6.35. The Balaban J connectivity index is 1.18. The molecule has 1 aromatic heterocycles. The fourth-order valence-corrected chi connectivity index (χ4v) is 4.52. The minimum atomic E-state index is 0.287. The Morgan fingerprint density at radius 1 is 1.12 bits per heavy atom. The Hall–Kier alpha value is -1.01. The average Bonchev–Trinajstić information content (AvgIpc) is 3.30. The van der Waals surface area contributed by atoms with Gasteiger partial charge in [0.1, 0.15) is 0 Å². The molecule has 0 spiro atoms. The van der Waals surface area contributed by atoms with Crippen LogP contribution < -0.4 is 0 Å². The maximum Gasteiger partial charge on any atom is 0.0813 e. The quantitative estimate of drug-likeness (QED) is 0.709. The molecule has 3 atom stereocenters. The number of nitrogens with zero attached hydrogens (tertiary/aromatic N) is 3. The van der Waals surface area contributed by atoms with Crippen molar-refractivity contribution < 1.29 is 9.47 Å². The van der Waals surface area contributed by atoms with Gasteiger partial charge in [-0.1, -0.05) is 6.07 Å². The highest BCUT2D eigenvalue weighted by molar-refractivity contribution is 5.05. The van der Waals surface area contributed by atoms with Crippen LogP contribution in [0.25, 0.3) is 0 Å². The second-order valence-corrected chi connectivity index (χ2v) is 7.65. The molecule has 0 N–H and O–H groups in total. The van der Waals surface area contributed by atoms with Gasteiger partial charge < -0.3 is 14.4 Å². The molecule has 3 fully saturated rings. The molecule has 0 aromatic carbocycles. The third-order valence-corrected chi connectivity index (χ3v) is 5.90. The van der Waals surface area contributed by atoms with Crippen LogP contribution >= 0.6 is 0 Å². The van der Waals surface area contributed by atoms with E-state index < -0.39 is 0 Å². The van der Waals surface area contributed by atoms with Crippen LogP contribution in [0.2, 0.25) is 0 Å². The second-order valence-electron chi connectivity index (χ2n) is 7.65. The Morgan fingerprint density at radius 2 is 2.04 bits per heavy atom. The summed E-state index contributed by atoms with van der Waals surface area (Å²) in [6, 6.07) is 6.73. The number of hydrogen-bond acceptors (Lipinski definition) is 5. The first-order chi connectivity index (χ1) is 12.4. The summed E-state index contributed by atoms with van der Waals surface area (Å²) in [7, 11) is 0. The molecule has 0 radical (unpaired) electrons. The highest BCUT2D eigenvalue weighted by Gasteiger charge is 2.39. The van der Waals surface area contributed by atoms with Gasteiger partial charge in [0.05, 0.1) is 31.1 Å². The van der Waals surface area contributed by atoms with E-state index in [0.29, 0.717) is 12.1 Å². The van der Waals surface area contributed by atoms with Crippen molar-refractivity contribution in [3.05, 3.63) is 30.1 Å². The average molecular weight is 345 g/mol. The van der Waals surface area contributed by atoms with Gasteiger partial charge in [-0.25, -0.2) is 0 Å². The number of aromatic nitrogens is 1. The van der Waals surface area contributed by atoms with Crippen molar-refractivity contribution in [2.45, 2.75) is 56.9 Å². The lowest BCUT2D eigenvalue weighted by atomic mass is 9.99. The van der Waals surface area contributed by atoms with E-state index in [-0.39, 0.29) is 6.10 Å². The van der Waals surface area contributed by atoms with Crippen molar-refractivity contribution in [3.63, 3.8) is 0 Å². The van der Waals surface area contributed by atoms with E-state index in [4.69, 9.17) is 9.47 Å². The first-order valence-electron chi connectivity index (χ1n) is 9.98. The highest BCUT2D eigenvalue weighted by Crippen LogP contribution is 2.32. The Bertz CT molecular complexity index is 521. The molecule has 3 saturated heterocycles. The summed E-state index contributed by atoms with van der Waals surface area (Å²) in [6.45, 7) is 7.25. The molecule has 5 heteroatoms. The lowest BCUT2D eigenvalue weighted by Gasteiger charge is -2.36. The van der Waals surface area contributed by atoms with Gasteiger partial charge in [-0.05, 0) is 57.3 Å². The zero-order valence-corrected chi connectivity index (χ0v) is 15.2. The summed E-state index contributed by atoms with van der Waals surface area (Å²) in [4.78, 5) is 9.53. The zero-order valence-electron chi connectivity index (χ0n) is 15.2. The van der Waals surface area contributed by atoms with Gasteiger partial charge in [0.25, 0.3) is 0 Å². The summed E-state index contributed by atoms with van der Waals surface area (Å²) < 4.78 is 12.3. The number of ether oxygens (including phenoxy) is 2. The fourth-order valence-electron chi connectivity index (χ4n) is 4.52. The SMILES string of the molecule is c1ccc(CN2CC[C@H]3O[C@H](COCCN4CCCC4)CC[C@H]32)nc1. The lowest BCUT2D eigenvalue weighted by molar-refractivity contribution is -0.101. The molecule has 4 rings (SSSR count). The summed E-state index contributed by atoms with van der Waals surface area (Å²) >= 11 is 0. The molecule has 5 nitrogen and oxygen atoms in total. The van der Waals surface area contributed by atoms with Gasteiger partial charge in [0, 0.05) is 31.9 Å². The second kappa shape index (κ2) is 8.58. The standard InChI is InChI=1S/C20H31N3O2/c1-2-9-21-17(5-1)15-23-12-8-20-19(23)7-6-18(25-20)16-24-14-13-22-10-3-4-11-22/h1-2,5,9,18-20H,3-4,6-8,10-16H2/t18-,19+,20+/m0/s1. The lowest BCUT2D eigenvalue weighted by Crippen LogP contribution is -2.43. The van der Waals surface area contributed by atoms with Gasteiger partial charge in [-0.3, -0.25) is 9.88 Å². The van der Waals surface area contributed by atoms with E-state index in [0.717, 1.165) is 51.4 Å². The van der Waals surface area contributed by atoms with E-state index in [1.807, 2.05) is 12.3 Å². The minimum Gasteiger partial charge on any atom is -0.377 e. The van der Waals surface area contributed by atoms with E-state index in [1.165, 1.54) is 32.4 Å². The molecule has 0 bridgehead atoms. The molecule has 138 valence electrons. The Morgan fingerprint density at radius 3 is 2.88 bits per heavy atom. The minimum absolute atomic E-state index is 0.287. The Kier molecular flexibility index (Phi) is 5.98. The maximum absolute atomic E-state index is 6.35. The van der Waals surface area contributed by atoms with Crippen LogP contribution in [0, 0.1) is 0 Å². The third-order valence-electron chi connectivity index (χ3n) is 5.90. The predicted molar refractivity (Wildman–Crippen MR) is 97.4 cm³/mol. The van der Waals surface area contributed by atoms with Crippen LogP contribution in [0.15, 0.2) is 24.4 Å². The van der Waals surface area contributed by atoms with Crippen LogP contribution in [0.4, 0.5) is 0 Å². The molecule has 0 amide bonds. The summed E-state index contributed by atoms with van der Waals surface area (Å²) in [5.74, 6) is 0. The molecule has 1 aromatic rings. The van der Waals surface area contributed by atoms with Crippen LogP contribution in [0.3, 0.4) is 0 Å². The molecule has 0 aliphatic carbocycles. The first-order valence-corrected chi connectivity index (χ1v) is 9.98. The van der Waals surface area contributed by atoms with Crippen molar-refractivity contribution >= 4 is 0 Å². The molecule has 0 unspecified atom stereocenters. The monoisotopic (exact) mass is 345 g/mol. The van der Waals surface area contributed by atoms with Crippen molar-refractivity contribution in [2.24, 2.45) is 0 Å². The number of pyridine rings is 1. The first kappa shape index (κ1) is 17.4.